The van der Waals surface area contributed by atoms with Gasteiger partial charge in [-0.05, 0) is 56.8 Å². The molecule has 5 rings (SSSR count). The molecule has 2 saturated heterocycles. The molecule has 0 bridgehead atoms. The van der Waals surface area contributed by atoms with E-state index in [4.69, 9.17) is 9.84 Å². The van der Waals surface area contributed by atoms with E-state index in [1.165, 1.54) is 17.7 Å². The Hall–Kier alpha value is -1.57. The van der Waals surface area contributed by atoms with Crippen molar-refractivity contribution in [1.29, 1.82) is 0 Å². The molecule has 2 aromatic rings. The van der Waals surface area contributed by atoms with Gasteiger partial charge in [-0.15, -0.1) is 10.2 Å². The van der Waals surface area contributed by atoms with E-state index in [1.807, 2.05) is 4.52 Å². The van der Waals surface area contributed by atoms with Crippen molar-refractivity contribution in [3.05, 3.63) is 23.1 Å². The summed E-state index contributed by atoms with van der Waals surface area (Å²) in [7, 11) is 0. The Morgan fingerprint density at radius 3 is 2.92 bits per heavy atom. The molecule has 0 saturated carbocycles. The number of hydrogen-bond acceptors (Lipinski definition) is 6. The summed E-state index contributed by atoms with van der Waals surface area (Å²) >= 11 is 0. The number of hydrogen-bond donors (Lipinski definition) is 1. The summed E-state index contributed by atoms with van der Waals surface area (Å²) in [5.41, 5.74) is 2.79. The van der Waals surface area contributed by atoms with E-state index in [1.54, 1.807) is 0 Å². The van der Waals surface area contributed by atoms with Gasteiger partial charge < -0.3 is 14.7 Å². The van der Waals surface area contributed by atoms with Crippen molar-refractivity contribution in [2.45, 2.75) is 50.0 Å². The van der Waals surface area contributed by atoms with Crippen LogP contribution in [0, 0.1) is 0 Å². The second-order valence-electron chi connectivity index (χ2n) is 7.88. The molecule has 0 radical (unpaired) electrons. The van der Waals surface area contributed by atoms with Crippen molar-refractivity contribution in [3.8, 4) is 0 Å². The summed E-state index contributed by atoms with van der Waals surface area (Å²) in [6.07, 6.45) is 6.21. The van der Waals surface area contributed by atoms with Gasteiger partial charge in [0.25, 0.3) is 0 Å². The van der Waals surface area contributed by atoms with Crippen LogP contribution in [-0.2, 0) is 17.6 Å². The number of ether oxygens (including phenoxy) is 1. The average Bonchev–Trinajstić information content (AvgIpc) is 3.33. The van der Waals surface area contributed by atoms with E-state index in [2.05, 4.69) is 21.2 Å². The molecule has 7 heteroatoms. The van der Waals surface area contributed by atoms with Crippen LogP contribution in [0.15, 0.2) is 6.07 Å². The van der Waals surface area contributed by atoms with Gasteiger partial charge in [0.05, 0.1) is 12.3 Å². The van der Waals surface area contributed by atoms with Crippen molar-refractivity contribution in [2.24, 2.45) is 0 Å². The highest BCUT2D eigenvalue weighted by Crippen LogP contribution is 2.30. The summed E-state index contributed by atoms with van der Waals surface area (Å²) < 4.78 is 7.33. The Balaban J connectivity index is 1.30. The Bertz CT molecular complexity index is 775. The van der Waals surface area contributed by atoms with Crippen LogP contribution in [0.2, 0.25) is 0 Å². The third kappa shape index (κ3) is 2.84. The molecule has 1 aliphatic carbocycles. The quantitative estimate of drug-likeness (QED) is 0.894. The lowest BCUT2D eigenvalue weighted by Gasteiger charge is -2.35. The molecule has 2 fully saturated rings. The molecule has 2 aliphatic heterocycles. The Kier molecular flexibility index (Phi) is 3.76. The fourth-order valence-corrected chi connectivity index (χ4v) is 4.54. The zero-order valence-electron chi connectivity index (χ0n) is 14.5. The predicted molar refractivity (Wildman–Crippen MR) is 91.6 cm³/mol. The van der Waals surface area contributed by atoms with E-state index in [0.717, 1.165) is 56.7 Å². The average molecular weight is 343 g/mol. The number of fused-ring (bicyclic) bond motifs is 2. The fraction of sp³-hybridized carbons (Fsp3) is 0.722. The van der Waals surface area contributed by atoms with Gasteiger partial charge in [-0.1, -0.05) is 0 Å². The highest BCUT2D eigenvalue weighted by atomic mass is 16.5. The smallest absolute Gasteiger partial charge is 0.178 e. The zero-order valence-corrected chi connectivity index (χ0v) is 14.5. The molecule has 7 nitrogen and oxygen atoms in total. The highest BCUT2D eigenvalue weighted by molar-refractivity contribution is 5.43. The first-order valence-electron chi connectivity index (χ1n) is 9.47. The van der Waals surface area contributed by atoms with Crippen molar-refractivity contribution in [3.63, 3.8) is 0 Å². The maximum atomic E-state index is 10.5. The van der Waals surface area contributed by atoms with Gasteiger partial charge in [0.15, 0.2) is 11.5 Å². The number of aromatic nitrogens is 4. The molecule has 0 amide bonds. The SMILES string of the molecule is OC1(CN2CCC(c3nnc4cc5c(nn34)CCC5)CC2)CCOC1. The van der Waals surface area contributed by atoms with E-state index in [-0.39, 0.29) is 0 Å². The lowest BCUT2D eigenvalue weighted by molar-refractivity contribution is -0.00987. The minimum Gasteiger partial charge on any atom is -0.386 e. The second kappa shape index (κ2) is 6.00. The van der Waals surface area contributed by atoms with E-state index in [0.29, 0.717) is 25.7 Å². The zero-order chi connectivity index (χ0) is 16.9. The molecule has 0 spiro atoms. The second-order valence-corrected chi connectivity index (χ2v) is 7.88. The molecule has 134 valence electrons. The van der Waals surface area contributed by atoms with Gasteiger partial charge in [0.2, 0.25) is 0 Å². The Morgan fingerprint density at radius 2 is 2.12 bits per heavy atom. The van der Waals surface area contributed by atoms with Crippen LogP contribution in [0.3, 0.4) is 0 Å². The summed E-state index contributed by atoms with van der Waals surface area (Å²) in [5.74, 6) is 1.40. The van der Waals surface area contributed by atoms with Crippen LogP contribution >= 0.6 is 0 Å². The molecule has 1 N–H and O–H groups in total. The minimum atomic E-state index is -0.656. The van der Waals surface area contributed by atoms with Crippen LogP contribution in [0.25, 0.3) is 5.65 Å². The summed E-state index contributed by atoms with van der Waals surface area (Å²) in [5, 5.41) is 24.2. The molecule has 3 aliphatic rings. The maximum Gasteiger partial charge on any atom is 0.178 e. The van der Waals surface area contributed by atoms with Crippen molar-refractivity contribution >= 4 is 5.65 Å². The highest BCUT2D eigenvalue weighted by Gasteiger charge is 2.36. The van der Waals surface area contributed by atoms with Gasteiger partial charge in [-0.2, -0.15) is 9.61 Å². The molecule has 0 aromatic carbocycles. The summed E-state index contributed by atoms with van der Waals surface area (Å²) in [6, 6.07) is 2.16. The van der Waals surface area contributed by atoms with Crippen LogP contribution < -0.4 is 0 Å². The number of rotatable bonds is 3. The van der Waals surface area contributed by atoms with Crippen LogP contribution in [0.1, 0.15) is 48.7 Å². The normalized spacial score (nSPS) is 28.0. The first-order chi connectivity index (χ1) is 12.2. The Morgan fingerprint density at radius 1 is 1.24 bits per heavy atom. The molecule has 25 heavy (non-hydrogen) atoms. The first-order valence-corrected chi connectivity index (χ1v) is 9.47. The third-order valence-electron chi connectivity index (χ3n) is 6.00. The molecule has 1 atom stereocenters. The van der Waals surface area contributed by atoms with Crippen LogP contribution in [0.5, 0.6) is 0 Å². The van der Waals surface area contributed by atoms with Crippen molar-refractivity contribution < 1.29 is 9.84 Å². The monoisotopic (exact) mass is 343 g/mol. The van der Waals surface area contributed by atoms with E-state index < -0.39 is 5.60 Å². The lowest BCUT2D eigenvalue weighted by atomic mass is 9.94. The van der Waals surface area contributed by atoms with Crippen LogP contribution in [0.4, 0.5) is 0 Å². The number of aryl methyl sites for hydroxylation is 2. The van der Waals surface area contributed by atoms with Crippen molar-refractivity contribution in [1.82, 2.24) is 24.7 Å². The predicted octanol–water partition coefficient (Wildman–Crippen LogP) is 0.944. The molecular weight excluding hydrogens is 318 g/mol. The first kappa shape index (κ1) is 15.7. The topological polar surface area (TPSA) is 75.8 Å². The maximum absolute atomic E-state index is 10.5. The van der Waals surface area contributed by atoms with E-state index in [9.17, 15) is 5.11 Å². The van der Waals surface area contributed by atoms with Crippen molar-refractivity contribution in [2.75, 3.05) is 32.8 Å². The minimum absolute atomic E-state index is 0.396. The largest absolute Gasteiger partial charge is 0.386 e. The standard InChI is InChI=1S/C18H25N5O2/c24-18(6-9-25-12-18)11-22-7-4-13(5-8-22)17-20-19-16-10-14-2-1-3-15(14)21-23(16)17/h10,13,24H,1-9,11-12H2. The van der Waals surface area contributed by atoms with E-state index >= 15 is 0 Å². The van der Waals surface area contributed by atoms with Gasteiger partial charge in [0, 0.05) is 25.5 Å². The van der Waals surface area contributed by atoms with Gasteiger partial charge >= 0.3 is 0 Å². The number of piperidine rings is 1. The molecule has 2 aromatic heterocycles. The number of β-amino-alcohol motifs (C(OH)–C–C–N with tert-alkyl or cyclic N) is 1. The molecular formula is C18H25N5O2. The van der Waals surface area contributed by atoms with Crippen LogP contribution in [-0.4, -0.2) is 68.3 Å². The molecule has 4 heterocycles. The summed E-state index contributed by atoms with van der Waals surface area (Å²) in [4.78, 5) is 2.36. The summed E-state index contributed by atoms with van der Waals surface area (Å²) in [6.45, 7) is 3.82. The third-order valence-corrected chi connectivity index (χ3v) is 6.00. The fourth-order valence-electron chi connectivity index (χ4n) is 4.54. The van der Waals surface area contributed by atoms with Gasteiger partial charge in [0.1, 0.15) is 5.60 Å². The number of likely N-dealkylation sites (tertiary alicyclic amines) is 1. The lowest BCUT2D eigenvalue weighted by Crippen LogP contribution is -2.46. The molecule has 1 unspecified atom stereocenters. The van der Waals surface area contributed by atoms with Gasteiger partial charge in [-0.3, -0.25) is 0 Å². The number of aliphatic hydroxyl groups is 1. The van der Waals surface area contributed by atoms with Gasteiger partial charge in [-0.25, -0.2) is 0 Å². The Labute approximate surface area is 147 Å². The number of nitrogens with zero attached hydrogens (tertiary/aromatic N) is 5.